The van der Waals surface area contributed by atoms with Crippen molar-refractivity contribution in [3.8, 4) is 0 Å². The van der Waals surface area contributed by atoms with Crippen molar-refractivity contribution in [3.05, 3.63) is 23.8 Å². The van der Waals surface area contributed by atoms with Gasteiger partial charge in [0.1, 0.15) is 0 Å². The summed E-state index contributed by atoms with van der Waals surface area (Å²) in [6.45, 7) is 1.06. The van der Waals surface area contributed by atoms with Gasteiger partial charge in [0.25, 0.3) is 0 Å². The normalized spacial score (nSPS) is 20.1. The summed E-state index contributed by atoms with van der Waals surface area (Å²) in [5.74, 6) is 0.885. The molecule has 0 saturated heterocycles. The molecule has 0 radical (unpaired) electrons. The molecule has 0 bridgehead atoms. The van der Waals surface area contributed by atoms with Crippen LogP contribution >= 0.6 is 11.8 Å². The number of methoxy groups -OCH3 is 1. The summed E-state index contributed by atoms with van der Waals surface area (Å²) in [7, 11) is 1.42. The number of hydrogen-bond donors (Lipinski definition) is 1. The molecule has 0 atom stereocenters. The molecule has 90 valence electrons. The second-order valence-corrected chi connectivity index (χ2v) is 5.86. The van der Waals surface area contributed by atoms with Gasteiger partial charge in [-0.15, -0.1) is 11.8 Å². The van der Waals surface area contributed by atoms with Gasteiger partial charge in [-0.1, -0.05) is 0 Å². The van der Waals surface area contributed by atoms with Crippen molar-refractivity contribution < 1.29 is 9.53 Å². The molecule has 3 rings (SSSR count). The van der Waals surface area contributed by atoms with E-state index in [-0.39, 0.29) is 5.97 Å². The van der Waals surface area contributed by atoms with Gasteiger partial charge in [-0.2, -0.15) is 0 Å². The van der Waals surface area contributed by atoms with Crippen molar-refractivity contribution in [2.75, 3.05) is 24.7 Å². The number of anilines is 1. The Morgan fingerprint density at radius 1 is 1.47 bits per heavy atom. The maximum atomic E-state index is 11.5. The lowest BCUT2D eigenvalue weighted by Gasteiger charge is -2.10. The average molecular weight is 249 g/mol. The molecule has 1 aromatic carbocycles. The van der Waals surface area contributed by atoms with Crippen molar-refractivity contribution in [3.63, 3.8) is 0 Å². The Morgan fingerprint density at radius 3 is 3.00 bits per heavy atom. The summed E-state index contributed by atoms with van der Waals surface area (Å²) < 4.78 is 4.74. The van der Waals surface area contributed by atoms with E-state index in [4.69, 9.17) is 4.74 Å². The summed E-state index contributed by atoms with van der Waals surface area (Å²) >= 11 is 1.85. The third-order valence-electron chi connectivity index (χ3n) is 3.55. The highest BCUT2D eigenvalue weighted by molar-refractivity contribution is 7.99. The quantitative estimate of drug-likeness (QED) is 0.777. The first kappa shape index (κ1) is 11.0. The molecule has 0 amide bonds. The SMILES string of the molecule is COC(=O)c1ccc2c(c1)SCC1(CC1)CN2. The highest BCUT2D eigenvalue weighted by Gasteiger charge is 2.43. The molecule has 4 heteroatoms. The van der Waals surface area contributed by atoms with Crippen LogP contribution in [0.4, 0.5) is 5.69 Å². The number of thioether (sulfide) groups is 1. The van der Waals surface area contributed by atoms with E-state index in [1.165, 1.54) is 20.0 Å². The second kappa shape index (κ2) is 3.95. The van der Waals surface area contributed by atoms with Gasteiger partial charge in [0, 0.05) is 22.9 Å². The summed E-state index contributed by atoms with van der Waals surface area (Å²) in [4.78, 5) is 12.6. The molecule has 1 fully saturated rings. The van der Waals surface area contributed by atoms with Crippen molar-refractivity contribution in [1.29, 1.82) is 0 Å². The highest BCUT2D eigenvalue weighted by atomic mass is 32.2. The molecule has 1 aliphatic heterocycles. The van der Waals surface area contributed by atoms with Crippen LogP contribution in [0.3, 0.4) is 0 Å². The topological polar surface area (TPSA) is 38.3 Å². The van der Waals surface area contributed by atoms with Gasteiger partial charge < -0.3 is 10.1 Å². The van der Waals surface area contributed by atoms with Gasteiger partial charge in [-0.3, -0.25) is 0 Å². The zero-order valence-electron chi connectivity index (χ0n) is 9.79. The van der Waals surface area contributed by atoms with E-state index in [1.807, 2.05) is 30.0 Å². The number of esters is 1. The van der Waals surface area contributed by atoms with E-state index in [9.17, 15) is 4.79 Å². The Hall–Kier alpha value is -1.16. The van der Waals surface area contributed by atoms with Gasteiger partial charge in [-0.05, 0) is 36.5 Å². The fourth-order valence-electron chi connectivity index (χ4n) is 2.10. The minimum atomic E-state index is -0.265. The molecule has 1 heterocycles. The van der Waals surface area contributed by atoms with Crippen LogP contribution in [0.15, 0.2) is 23.1 Å². The first-order valence-corrected chi connectivity index (χ1v) is 6.80. The van der Waals surface area contributed by atoms with Gasteiger partial charge in [0.2, 0.25) is 0 Å². The number of rotatable bonds is 1. The summed E-state index contributed by atoms with van der Waals surface area (Å²) in [6, 6.07) is 5.74. The molecule has 1 aromatic rings. The smallest absolute Gasteiger partial charge is 0.337 e. The van der Waals surface area contributed by atoms with Crippen LogP contribution in [-0.2, 0) is 4.74 Å². The molecule has 2 aliphatic rings. The van der Waals surface area contributed by atoms with Crippen molar-refractivity contribution in [2.45, 2.75) is 17.7 Å². The lowest BCUT2D eigenvalue weighted by Crippen LogP contribution is -2.15. The number of carbonyl (C=O) groups excluding carboxylic acids is 1. The first-order valence-electron chi connectivity index (χ1n) is 5.82. The third-order valence-corrected chi connectivity index (χ3v) is 4.95. The number of nitrogens with one attached hydrogen (secondary N) is 1. The predicted octanol–water partition coefficient (Wildman–Crippen LogP) is 2.77. The molecule has 17 heavy (non-hydrogen) atoms. The van der Waals surface area contributed by atoms with Crippen molar-refractivity contribution in [1.82, 2.24) is 0 Å². The number of ether oxygens (including phenoxy) is 1. The van der Waals surface area contributed by atoms with E-state index in [0.717, 1.165) is 22.9 Å². The largest absolute Gasteiger partial charge is 0.465 e. The van der Waals surface area contributed by atoms with Crippen LogP contribution < -0.4 is 5.32 Å². The van der Waals surface area contributed by atoms with Gasteiger partial charge >= 0.3 is 5.97 Å². The first-order chi connectivity index (χ1) is 8.22. The monoisotopic (exact) mass is 249 g/mol. The summed E-state index contributed by atoms with van der Waals surface area (Å²) in [5, 5.41) is 3.49. The molecule has 0 unspecified atom stereocenters. The van der Waals surface area contributed by atoms with Gasteiger partial charge in [0.15, 0.2) is 0 Å². The third kappa shape index (κ3) is 2.02. The molecule has 1 aliphatic carbocycles. The maximum Gasteiger partial charge on any atom is 0.337 e. The van der Waals surface area contributed by atoms with Crippen molar-refractivity contribution in [2.24, 2.45) is 5.41 Å². The zero-order valence-corrected chi connectivity index (χ0v) is 10.6. The number of benzene rings is 1. The van der Waals surface area contributed by atoms with E-state index in [1.54, 1.807) is 0 Å². The van der Waals surface area contributed by atoms with Gasteiger partial charge in [0.05, 0.1) is 12.7 Å². The van der Waals surface area contributed by atoms with Gasteiger partial charge in [-0.25, -0.2) is 4.79 Å². The predicted molar refractivity (Wildman–Crippen MR) is 68.7 cm³/mol. The maximum absolute atomic E-state index is 11.5. The summed E-state index contributed by atoms with van der Waals surface area (Å²) in [6.07, 6.45) is 2.65. The van der Waals surface area contributed by atoms with Crippen LogP contribution in [-0.4, -0.2) is 25.4 Å². The lowest BCUT2D eigenvalue weighted by atomic mass is 10.1. The fourth-order valence-corrected chi connectivity index (χ4v) is 3.45. The van der Waals surface area contributed by atoms with Crippen LogP contribution in [0.2, 0.25) is 0 Å². The Morgan fingerprint density at radius 2 is 2.29 bits per heavy atom. The Balaban J connectivity index is 1.88. The minimum absolute atomic E-state index is 0.265. The average Bonchev–Trinajstić information content (AvgIpc) is 3.16. The fraction of sp³-hybridized carbons (Fsp3) is 0.462. The Bertz CT molecular complexity index is 468. The van der Waals surface area contributed by atoms with Crippen molar-refractivity contribution >= 4 is 23.4 Å². The molecule has 1 spiro atoms. The molecule has 3 nitrogen and oxygen atoms in total. The molecule has 1 saturated carbocycles. The second-order valence-electron chi connectivity index (χ2n) is 4.84. The summed E-state index contributed by atoms with van der Waals surface area (Å²) in [5.41, 5.74) is 2.29. The molecule has 1 N–H and O–H groups in total. The highest BCUT2D eigenvalue weighted by Crippen LogP contribution is 2.51. The van der Waals surface area contributed by atoms with Crippen LogP contribution in [0, 0.1) is 5.41 Å². The number of hydrogen-bond acceptors (Lipinski definition) is 4. The Kier molecular flexibility index (Phi) is 2.54. The number of carbonyl (C=O) groups is 1. The zero-order chi connectivity index (χ0) is 11.9. The van der Waals surface area contributed by atoms with Crippen LogP contribution in [0.25, 0.3) is 0 Å². The molecule has 0 aromatic heterocycles. The van der Waals surface area contributed by atoms with E-state index in [0.29, 0.717) is 11.0 Å². The minimum Gasteiger partial charge on any atom is -0.465 e. The van der Waals surface area contributed by atoms with E-state index < -0.39 is 0 Å². The van der Waals surface area contributed by atoms with Crippen LogP contribution in [0.5, 0.6) is 0 Å². The van der Waals surface area contributed by atoms with Crippen LogP contribution in [0.1, 0.15) is 23.2 Å². The molecular weight excluding hydrogens is 234 g/mol. The van der Waals surface area contributed by atoms with E-state index in [2.05, 4.69) is 5.32 Å². The number of fused-ring (bicyclic) bond motifs is 1. The van der Waals surface area contributed by atoms with E-state index >= 15 is 0 Å². The Labute approximate surface area is 105 Å². The lowest BCUT2D eigenvalue weighted by molar-refractivity contribution is 0.0600. The standard InChI is InChI=1S/C13H15NO2S/c1-16-12(15)9-2-3-10-11(6-9)17-8-13(4-5-13)7-14-10/h2-3,6,14H,4-5,7-8H2,1H3. The molecular formula is C13H15NO2S.